The number of aryl methyl sites for hydroxylation is 2. The molecule has 0 bridgehead atoms. The van der Waals surface area contributed by atoms with Crippen LogP contribution in [-0.2, 0) is 4.79 Å². The molecule has 0 saturated carbocycles. The molecule has 2 heterocycles. The molecule has 2 aromatic carbocycles. The second-order valence-electron chi connectivity index (χ2n) is 11.1. The number of carbonyl (C=O) groups is 2. The molecule has 2 saturated heterocycles. The third-order valence-electron chi connectivity index (χ3n) is 7.68. The van der Waals surface area contributed by atoms with Crippen molar-refractivity contribution in [2.24, 2.45) is 0 Å². The molecular formula is C32H45N5O4S2. The smallest absolute Gasteiger partial charge is 0.315 e. The quantitative estimate of drug-likeness (QED) is 0.0941. The van der Waals surface area contributed by atoms with Gasteiger partial charge in [0.1, 0.15) is 24.7 Å². The number of rotatable bonds is 17. The third kappa shape index (κ3) is 10.8. The minimum atomic E-state index is -0.0472. The summed E-state index contributed by atoms with van der Waals surface area (Å²) in [6, 6.07) is 14.3. The summed E-state index contributed by atoms with van der Waals surface area (Å²) >= 11 is 7.39. The van der Waals surface area contributed by atoms with Gasteiger partial charge in [-0.3, -0.25) is 4.79 Å². The standard InChI is InChI=1S/C32H45N5O4S2/c1-22-10-4-5-11-26(22)40-18-19-41-27-20-24(15-14-23(27)2)35-32(42)34-17-9-3-8-16-33-29(38)13-7-6-12-28-30-25(21-43-28)36-31(39)37-30/h4-5,10-11,14-15,20,25,28,30H,3,6-9,12-13,16-19,21H2,1-2H3,(H,33,38)(H2,34,35,42)(H2,36,37,39). The number of para-hydroxylation sites is 1. The number of urea groups is 1. The van der Waals surface area contributed by atoms with Gasteiger partial charge in [-0.05, 0) is 81.4 Å². The Kier molecular flexibility index (Phi) is 13.1. The number of unbranched alkanes of at least 4 members (excludes halogenated alkanes) is 3. The van der Waals surface area contributed by atoms with Crippen LogP contribution < -0.4 is 36.1 Å². The molecule has 5 N–H and O–H groups in total. The number of benzene rings is 2. The number of hydrogen-bond acceptors (Lipinski definition) is 6. The van der Waals surface area contributed by atoms with Crippen LogP contribution in [-0.4, -0.2) is 66.4 Å². The van der Waals surface area contributed by atoms with Gasteiger partial charge in [-0.2, -0.15) is 11.8 Å². The maximum absolute atomic E-state index is 12.2. The lowest BCUT2D eigenvalue weighted by Crippen LogP contribution is -2.36. The van der Waals surface area contributed by atoms with E-state index in [-0.39, 0.29) is 24.0 Å². The van der Waals surface area contributed by atoms with Crippen LogP contribution in [0.5, 0.6) is 11.5 Å². The number of fused-ring (bicyclic) bond motifs is 1. The van der Waals surface area contributed by atoms with Gasteiger partial charge in [0.2, 0.25) is 5.91 Å². The Labute approximate surface area is 265 Å². The zero-order valence-corrected chi connectivity index (χ0v) is 26.8. The van der Waals surface area contributed by atoms with Gasteiger partial charge in [-0.25, -0.2) is 4.79 Å². The highest BCUT2D eigenvalue weighted by molar-refractivity contribution is 8.00. The molecule has 43 heavy (non-hydrogen) atoms. The number of carbonyl (C=O) groups excluding carboxylic acids is 2. The summed E-state index contributed by atoms with van der Waals surface area (Å²) < 4.78 is 11.8. The second kappa shape index (κ2) is 17.2. The van der Waals surface area contributed by atoms with Crippen LogP contribution in [0.3, 0.4) is 0 Å². The van der Waals surface area contributed by atoms with Crippen molar-refractivity contribution in [1.82, 2.24) is 21.3 Å². The van der Waals surface area contributed by atoms with E-state index in [0.717, 1.165) is 79.1 Å². The van der Waals surface area contributed by atoms with Crippen molar-refractivity contribution in [2.45, 2.75) is 76.1 Å². The van der Waals surface area contributed by atoms with E-state index >= 15 is 0 Å². The number of amides is 3. The SMILES string of the molecule is Cc1ccccc1OCCOc1cc(NC(=S)NCCCCCNC(=O)CCCCC2SCC3NC(=O)NC32)ccc1C. The fourth-order valence-electron chi connectivity index (χ4n) is 5.25. The van der Waals surface area contributed by atoms with E-state index in [9.17, 15) is 9.59 Å². The molecule has 11 heteroatoms. The van der Waals surface area contributed by atoms with Crippen molar-refractivity contribution >= 4 is 46.7 Å². The molecule has 3 atom stereocenters. The number of thioether (sulfide) groups is 1. The van der Waals surface area contributed by atoms with Gasteiger partial charge in [-0.15, -0.1) is 0 Å². The first-order valence-corrected chi connectivity index (χ1v) is 16.8. The summed E-state index contributed by atoms with van der Waals surface area (Å²) in [6.07, 6.45) is 6.39. The third-order valence-corrected chi connectivity index (χ3v) is 9.44. The Bertz CT molecular complexity index is 1230. The molecule has 3 amide bonds. The van der Waals surface area contributed by atoms with Crippen LogP contribution in [0.25, 0.3) is 0 Å². The Morgan fingerprint density at radius 3 is 2.49 bits per heavy atom. The fraction of sp³-hybridized carbons (Fsp3) is 0.531. The molecule has 0 aliphatic carbocycles. The lowest BCUT2D eigenvalue weighted by atomic mass is 10.0. The van der Waals surface area contributed by atoms with Crippen molar-refractivity contribution in [3.63, 3.8) is 0 Å². The molecular weight excluding hydrogens is 583 g/mol. The summed E-state index contributed by atoms with van der Waals surface area (Å²) in [5.41, 5.74) is 3.02. The number of thiocarbonyl (C=S) groups is 1. The summed E-state index contributed by atoms with van der Waals surface area (Å²) in [4.78, 5) is 23.7. The molecule has 234 valence electrons. The van der Waals surface area contributed by atoms with Gasteiger partial charge in [0.25, 0.3) is 0 Å². The van der Waals surface area contributed by atoms with Gasteiger partial charge >= 0.3 is 6.03 Å². The van der Waals surface area contributed by atoms with Crippen LogP contribution in [0.2, 0.25) is 0 Å². The van der Waals surface area contributed by atoms with Crippen LogP contribution >= 0.6 is 24.0 Å². The number of ether oxygens (including phenoxy) is 2. The van der Waals surface area contributed by atoms with Crippen LogP contribution in [0.1, 0.15) is 56.1 Å². The predicted octanol–water partition coefficient (Wildman–Crippen LogP) is 5.06. The van der Waals surface area contributed by atoms with Gasteiger partial charge < -0.3 is 36.1 Å². The van der Waals surface area contributed by atoms with Crippen LogP contribution in [0.15, 0.2) is 42.5 Å². The Morgan fingerprint density at radius 2 is 1.67 bits per heavy atom. The molecule has 2 aromatic rings. The monoisotopic (exact) mass is 627 g/mol. The number of nitrogens with one attached hydrogen (secondary N) is 5. The first-order chi connectivity index (χ1) is 20.9. The Balaban J connectivity index is 0.996. The molecule has 2 aliphatic rings. The van der Waals surface area contributed by atoms with Crippen molar-refractivity contribution < 1.29 is 19.1 Å². The Hall–Kier alpha value is -3.18. The molecule has 2 fully saturated rings. The van der Waals surface area contributed by atoms with Crippen molar-refractivity contribution in [3.05, 3.63) is 53.6 Å². The normalized spacial score (nSPS) is 18.7. The van der Waals surface area contributed by atoms with E-state index < -0.39 is 0 Å². The minimum Gasteiger partial charge on any atom is -0.490 e. The molecule has 0 aromatic heterocycles. The van der Waals surface area contributed by atoms with Crippen molar-refractivity contribution in [1.29, 1.82) is 0 Å². The maximum atomic E-state index is 12.2. The highest BCUT2D eigenvalue weighted by Crippen LogP contribution is 2.33. The largest absolute Gasteiger partial charge is 0.490 e. The summed E-state index contributed by atoms with van der Waals surface area (Å²) in [6.45, 7) is 6.42. The van der Waals surface area contributed by atoms with Gasteiger partial charge in [0.05, 0.1) is 12.1 Å². The minimum absolute atomic E-state index is 0.0472. The van der Waals surface area contributed by atoms with Crippen LogP contribution in [0.4, 0.5) is 10.5 Å². The molecule has 9 nitrogen and oxygen atoms in total. The topological polar surface area (TPSA) is 113 Å². The summed E-state index contributed by atoms with van der Waals surface area (Å²) in [5, 5.41) is 16.5. The molecule has 3 unspecified atom stereocenters. The summed E-state index contributed by atoms with van der Waals surface area (Å²) in [7, 11) is 0. The van der Waals surface area contributed by atoms with Crippen molar-refractivity contribution in [2.75, 3.05) is 37.4 Å². The van der Waals surface area contributed by atoms with Crippen molar-refractivity contribution in [3.8, 4) is 11.5 Å². The second-order valence-corrected chi connectivity index (χ2v) is 12.8. The molecule has 0 spiro atoms. The van der Waals surface area contributed by atoms with Gasteiger partial charge in [0, 0.05) is 42.3 Å². The lowest BCUT2D eigenvalue weighted by Gasteiger charge is -2.16. The average Bonchev–Trinajstić information content (AvgIpc) is 3.54. The van der Waals surface area contributed by atoms with Crippen LogP contribution in [0, 0.1) is 13.8 Å². The number of anilines is 1. The first kappa shape index (κ1) is 32.7. The highest BCUT2D eigenvalue weighted by atomic mass is 32.2. The van der Waals surface area contributed by atoms with Gasteiger partial charge in [-0.1, -0.05) is 30.7 Å². The molecule has 4 rings (SSSR count). The zero-order valence-electron chi connectivity index (χ0n) is 25.2. The predicted molar refractivity (Wildman–Crippen MR) is 178 cm³/mol. The van der Waals surface area contributed by atoms with E-state index in [0.29, 0.717) is 36.5 Å². The maximum Gasteiger partial charge on any atom is 0.315 e. The van der Waals surface area contributed by atoms with E-state index in [1.54, 1.807) is 0 Å². The molecule has 0 radical (unpaired) electrons. The molecule has 2 aliphatic heterocycles. The van der Waals surface area contributed by atoms with E-state index in [1.165, 1.54) is 0 Å². The van der Waals surface area contributed by atoms with E-state index in [2.05, 4.69) is 26.6 Å². The average molecular weight is 628 g/mol. The van der Waals surface area contributed by atoms with E-state index in [1.807, 2.05) is 68.1 Å². The summed E-state index contributed by atoms with van der Waals surface area (Å²) in [5.74, 6) is 2.77. The number of hydrogen-bond donors (Lipinski definition) is 5. The fourth-order valence-corrected chi connectivity index (χ4v) is 7.01. The highest BCUT2D eigenvalue weighted by Gasteiger charge is 2.42. The Morgan fingerprint density at radius 1 is 0.930 bits per heavy atom. The first-order valence-electron chi connectivity index (χ1n) is 15.3. The van der Waals surface area contributed by atoms with E-state index in [4.69, 9.17) is 21.7 Å². The zero-order chi connectivity index (χ0) is 30.4. The van der Waals surface area contributed by atoms with Gasteiger partial charge in [0.15, 0.2) is 5.11 Å². The lowest BCUT2D eigenvalue weighted by molar-refractivity contribution is -0.121.